The SMILES string of the molecule is CCCOc1c(C)cc(-c2cc3c(cc2F)[C@H](OC(N)=O)C(C)(C)C3)cc1C. The van der Waals surface area contributed by atoms with E-state index in [1.807, 2.05) is 45.9 Å². The van der Waals surface area contributed by atoms with Gasteiger partial charge < -0.3 is 15.2 Å². The van der Waals surface area contributed by atoms with Crippen LogP contribution in [0.2, 0.25) is 0 Å². The predicted molar refractivity (Wildman–Crippen MR) is 108 cm³/mol. The molecule has 2 aromatic rings. The molecule has 2 aromatic carbocycles. The highest BCUT2D eigenvalue weighted by Crippen LogP contribution is 2.49. The molecule has 1 aliphatic carbocycles. The third kappa shape index (κ3) is 3.71. The van der Waals surface area contributed by atoms with Gasteiger partial charge in [0.2, 0.25) is 0 Å². The number of fused-ring (bicyclic) bond motifs is 1. The van der Waals surface area contributed by atoms with Crippen LogP contribution in [-0.4, -0.2) is 12.7 Å². The zero-order chi connectivity index (χ0) is 20.6. The number of aryl methyl sites for hydroxylation is 2. The van der Waals surface area contributed by atoms with Gasteiger partial charge in [-0.15, -0.1) is 0 Å². The largest absolute Gasteiger partial charge is 0.493 e. The number of hydrogen-bond acceptors (Lipinski definition) is 3. The number of hydrogen-bond donors (Lipinski definition) is 1. The number of ether oxygens (including phenoxy) is 2. The Labute approximate surface area is 165 Å². The molecule has 0 saturated heterocycles. The standard InChI is InChI=1S/C23H28FNO3/c1-6-7-27-20-13(2)8-15(9-14(20)3)17-10-16-12-23(4,5)21(28-22(25)26)18(16)11-19(17)24/h8-11,21H,6-7,12H2,1-5H3,(H2,25,26)/t21-/m0/s1. The molecule has 0 unspecified atom stereocenters. The topological polar surface area (TPSA) is 61.6 Å². The summed E-state index contributed by atoms with van der Waals surface area (Å²) in [5, 5.41) is 0. The van der Waals surface area contributed by atoms with E-state index in [-0.39, 0.29) is 11.2 Å². The van der Waals surface area contributed by atoms with Gasteiger partial charge in [0.05, 0.1) is 6.61 Å². The van der Waals surface area contributed by atoms with Crippen molar-refractivity contribution in [2.75, 3.05) is 6.61 Å². The minimum Gasteiger partial charge on any atom is -0.493 e. The predicted octanol–water partition coefficient (Wildman–Crippen LogP) is 5.62. The first kappa shape index (κ1) is 20.2. The van der Waals surface area contributed by atoms with E-state index >= 15 is 4.39 Å². The summed E-state index contributed by atoms with van der Waals surface area (Å²) in [6.45, 7) is 10.7. The van der Waals surface area contributed by atoms with Crippen LogP contribution in [0.15, 0.2) is 24.3 Å². The second-order valence-electron chi connectivity index (χ2n) is 8.30. The van der Waals surface area contributed by atoms with Crippen molar-refractivity contribution in [3.63, 3.8) is 0 Å². The number of halogens is 1. The fourth-order valence-corrected chi connectivity index (χ4v) is 4.13. The Hall–Kier alpha value is -2.56. The van der Waals surface area contributed by atoms with E-state index in [1.165, 1.54) is 6.07 Å². The minimum absolute atomic E-state index is 0.337. The van der Waals surface area contributed by atoms with Crippen molar-refractivity contribution in [1.82, 2.24) is 0 Å². The van der Waals surface area contributed by atoms with Gasteiger partial charge in [-0.1, -0.05) is 20.8 Å². The maximum absolute atomic E-state index is 15.1. The summed E-state index contributed by atoms with van der Waals surface area (Å²) in [5.41, 5.74) is 9.89. The maximum Gasteiger partial charge on any atom is 0.405 e. The van der Waals surface area contributed by atoms with Crippen molar-refractivity contribution >= 4 is 6.09 Å². The Morgan fingerprint density at radius 3 is 2.43 bits per heavy atom. The van der Waals surface area contributed by atoms with Crippen LogP contribution in [0.25, 0.3) is 11.1 Å². The van der Waals surface area contributed by atoms with E-state index in [9.17, 15) is 4.79 Å². The fourth-order valence-electron chi connectivity index (χ4n) is 4.13. The zero-order valence-electron chi connectivity index (χ0n) is 17.2. The van der Waals surface area contributed by atoms with E-state index in [1.54, 1.807) is 0 Å². The second-order valence-corrected chi connectivity index (χ2v) is 8.30. The minimum atomic E-state index is -0.843. The Morgan fingerprint density at radius 1 is 1.21 bits per heavy atom. The van der Waals surface area contributed by atoms with Gasteiger partial charge >= 0.3 is 6.09 Å². The molecule has 28 heavy (non-hydrogen) atoms. The molecule has 5 heteroatoms. The van der Waals surface area contributed by atoms with Crippen LogP contribution in [0.4, 0.5) is 9.18 Å². The Bertz CT molecular complexity index is 897. The van der Waals surface area contributed by atoms with Crippen molar-refractivity contribution < 1.29 is 18.7 Å². The van der Waals surface area contributed by atoms with Crippen molar-refractivity contribution in [1.29, 1.82) is 0 Å². The molecular weight excluding hydrogens is 357 g/mol. The molecule has 0 saturated carbocycles. The lowest BCUT2D eigenvalue weighted by atomic mass is 9.87. The zero-order valence-corrected chi connectivity index (χ0v) is 17.2. The summed E-state index contributed by atoms with van der Waals surface area (Å²) in [6, 6.07) is 7.28. The number of nitrogens with two attached hydrogens (primary N) is 1. The summed E-state index contributed by atoms with van der Waals surface area (Å²) in [4.78, 5) is 11.3. The molecule has 0 radical (unpaired) electrons. The van der Waals surface area contributed by atoms with Crippen LogP contribution in [-0.2, 0) is 11.2 Å². The number of benzene rings is 2. The van der Waals surface area contributed by atoms with E-state index in [2.05, 4.69) is 6.92 Å². The summed E-state index contributed by atoms with van der Waals surface area (Å²) in [6.07, 6.45) is 0.231. The normalized spacial score (nSPS) is 17.3. The van der Waals surface area contributed by atoms with Gasteiger partial charge in [-0.25, -0.2) is 9.18 Å². The Balaban J connectivity index is 2.03. The molecule has 3 rings (SSSR count). The van der Waals surface area contributed by atoms with Crippen molar-refractivity contribution in [3.05, 3.63) is 52.3 Å². The lowest BCUT2D eigenvalue weighted by Crippen LogP contribution is -2.25. The average Bonchev–Trinajstić information content (AvgIpc) is 2.83. The molecule has 1 atom stereocenters. The van der Waals surface area contributed by atoms with Crippen LogP contribution in [0, 0.1) is 25.1 Å². The van der Waals surface area contributed by atoms with Gasteiger partial charge in [0, 0.05) is 11.0 Å². The lowest BCUT2D eigenvalue weighted by Gasteiger charge is -2.26. The number of primary amides is 1. The van der Waals surface area contributed by atoms with Gasteiger partial charge in [0.15, 0.2) is 0 Å². The van der Waals surface area contributed by atoms with Gasteiger partial charge in [0.1, 0.15) is 17.7 Å². The number of rotatable bonds is 5. The van der Waals surface area contributed by atoms with Gasteiger partial charge in [-0.2, -0.15) is 0 Å². The van der Waals surface area contributed by atoms with Crippen LogP contribution in [0.5, 0.6) is 5.75 Å². The highest BCUT2D eigenvalue weighted by atomic mass is 19.1. The summed E-state index contributed by atoms with van der Waals surface area (Å²) < 4.78 is 26.2. The first-order chi connectivity index (χ1) is 13.1. The van der Waals surface area contributed by atoms with E-state index in [4.69, 9.17) is 15.2 Å². The fraction of sp³-hybridized carbons (Fsp3) is 0.435. The average molecular weight is 385 g/mol. The number of carbonyl (C=O) groups excluding carboxylic acids is 1. The molecule has 4 nitrogen and oxygen atoms in total. The Morgan fingerprint density at radius 2 is 1.86 bits per heavy atom. The van der Waals surface area contributed by atoms with Crippen LogP contribution in [0.3, 0.4) is 0 Å². The third-order valence-electron chi connectivity index (χ3n) is 5.32. The summed E-state index contributed by atoms with van der Waals surface area (Å²) in [5.74, 6) is 0.527. The molecule has 2 N–H and O–H groups in total. The molecular formula is C23H28FNO3. The third-order valence-corrected chi connectivity index (χ3v) is 5.32. The Kier molecular flexibility index (Phi) is 5.37. The molecule has 1 amide bonds. The van der Waals surface area contributed by atoms with Crippen molar-refractivity contribution in [3.8, 4) is 16.9 Å². The summed E-state index contributed by atoms with van der Waals surface area (Å²) in [7, 11) is 0. The first-order valence-electron chi connectivity index (χ1n) is 9.67. The lowest BCUT2D eigenvalue weighted by molar-refractivity contribution is 0.0391. The molecule has 0 spiro atoms. The smallest absolute Gasteiger partial charge is 0.405 e. The number of carbonyl (C=O) groups is 1. The van der Waals surface area contributed by atoms with E-state index in [0.717, 1.165) is 34.4 Å². The van der Waals surface area contributed by atoms with E-state index < -0.39 is 12.2 Å². The number of amides is 1. The molecule has 1 aliphatic rings. The highest BCUT2D eigenvalue weighted by Gasteiger charge is 2.42. The van der Waals surface area contributed by atoms with Crippen LogP contribution < -0.4 is 10.5 Å². The van der Waals surface area contributed by atoms with Crippen LogP contribution in [0.1, 0.15) is 55.5 Å². The van der Waals surface area contributed by atoms with Crippen LogP contribution >= 0.6 is 0 Å². The molecule has 150 valence electrons. The molecule has 0 aromatic heterocycles. The monoisotopic (exact) mass is 385 g/mol. The first-order valence-corrected chi connectivity index (χ1v) is 9.67. The van der Waals surface area contributed by atoms with Crippen molar-refractivity contribution in [2.45, 2.75) is 53.6 Å². The molecule has 0 fully saturated rings. The van der Waals surface area contributed by atoms with Gasteiger partial charge in [-0.3, -0.25) is 0 Å². The second kappa shape index (κ2) is 7.46. The maximum atomic E-state index is 15.1. The summed E-state index contributed by atoms with van der Waals surface area (Å²) >= 11 is 0. The molecule has 0 bridgehead atoms. The van der Waals surface area contributed by atoms with Gasteiger partial charge in [-0.05, 0) is 78.8 Å². The molecule has 0 heterocycles. The molecule has 0 aliphatic heterocycles. The van der Waals surface area contributed by atoms with Gasteiger partial charge in [0.25, 0.3) is 0 Å². The van der Waals surface area contributed by atoms with E-state index in [0.29, 0.717) is 24.2 Å². The highest BCUT2D eigenvalue weighted by molar-refractivity contribution is 5.70. The van der Waals surface area contributed by atoms with Crippen molar-refractivity contribution in [2.24, 2.45) is 11.1 Å². The quantitative estimate of drug-likeness (QED) is 0.727.